The molecule has 0 radical (unpaired) electrons. The first-order valence-electron chi connectivity index (χ1n) is 9.27. The molecule has 4 nitrogen and oxygen atoms in total. The van der Waals surface area contributed by atoms with E-state index in [9.17, 15) is 0 Å². The zero-order chi connectivity index (χ0) is 15.5. The van der Waals surface area contributed by atoms with Gasteiger partial charge in [0.05, 0.1) is 6.54 Å². The molecule has 1 aliphatic heterocycles. The Bertz CT molecular complexity index is 475. The Kier molecular flexibility index (Phi) is 5.17. The summed E-state index contributed by atoms with van der Waals surface area (Å²) < 4.78 is 2.28. The van der Waals surface area contributed by atoms with E-state index in [1.54, 1.807) is 0 Å². The molecule has 1 aliphatic carbocycles. The summed E-state index contributed by atoms with van der Waals surface area (Å²) in [6.07, 6.45) is 10.7. The first kappa shape index (κ1) is 16.0. The van der Waals surface area contributed by atoms with Gasteiger partial charge in [-0.25, -0.2) is 0 Å². The molecule has 0 amide bonds. The highest BCUT2D eigenvalue weighted by Gasteiger charge is 2.27. The van der Waals surface area contributed by atoms with Gasteiger partial charge in [0, 0.05) is 19.0 Å². The van der Waals surface area contributed by atoms with Crippen LogP contribution in [0.1, 0.15) is 82.8 Å². The Morgan fingerprint density at radius 2 is 1.86 bits per heavy atom. The fourth-order valence-corrected chi connectivity index (χ4v) is 3.97. The molecule has 2 aliphatic rings. The average Bonchev–Trinajstić information content (AvgIpc) is 2.63. The lowest BCUT2D eigenvalue weighted by Gasteiger charge is -2.31. The zero-order valence-electron chi connectivity index (χ0n) is 14.6. The molecule has 0 unspecified atom stereocenters. The fourth-order valence-electron chi connectivity index (χ4n) is 3.97. The van der Waals surface area contributed by atoms with Gasteiger partial charge < -0.3 is 4.57 Å². The predicted octanol–water partition coefficient (Wildman–Crippen LogP) is 3.87. The predicted molar refractivity (Wildman–Crippen MR) is 89.7 cm³/mol. The van der Waals surface area contributed by atoms with Crippen LogP contribution in [0.25, 0.3) is 0 Å². The van der Waals surface area contributed by atoms with Gasteiger partial charge in [0.1, 0.15) is 11.6 Å². The summed E-state index contributed by atoms with van der Waals surface area (Å²) in [6, 6.07) is 0.728. The van der Waals surface area contributed by atoms with Gasteiger partial charge in [-0.3, -0.25) is 4.90 Å². The first-order chi connectivity index (χ1) is 10.6. The van der Waals surface area contributed by atoms with Crippen molar-refractivity contribution in [2.75, 3.05) is 6.54 Å². The largest absolute Gasteiger partial charge is 0.317 e. The van der Waals surface area contributed by atoms with Crippen molar-refractivity contribution < 1.29 is 0 Å². The van der Waals surface area contributed by atoms with Crippen LogP contribution in [-0.2, 0) is 13.6 Å². The summed E-state index contributed by atoms with van der Waals surface area (Å²) in [6.45, 7) is 6.90. The molecular formula is C18H32N4. The van der Waals surface area contributed by atoms with Gasteiger partial charge in [0.25, 0.3) is 0 Å². The third kappa shape index (κ3) is 3.53. The van der Waals surface area contributed by atoms with Gasteiger partial charge in [-0.1, -0.05) is 33.1 Å². The molecule has 2 heterocycles. The third-order valence-corrected chi connectivity index (χ3v) is 5.56. The van der Waals surface area contributed by atoms with Crippen molar-refractivity contribution >= 4 is 0 Å². The van der Waals surface area contributed by atoms with E-state index in [2.05, 4.69) is 40.6 Å². The van der Waals surface area contributed by atoms with E-state index in [-0.39, 0.29) is 0 Å². The highest BCUT2D eigenvalue weighted by molar-refractivity contribution is 5.05. The molecule has 1 saturated carbocycles. The topological polar surface area (TPSA) is 34.0 Å². The van der Waals surface area contributed by atoms with Crippen LogP contribution in [0.4, 0.5) is 0 Å². The monoisotopic (exact) mass is 304 g/mol. The number of rotatable bonds is 5. The van der Waals surface area contributed by atoms with Crippen molar-refractivity contribution in [3.63, 3.8) is 0 Å². The van der Waals surface area contributed by atoms with Gasteiger partial charge in [0.2, 0.25) is 0 Å². The van der Waals surface area contributed by atoms with E-state index >= 15 is 0 Å². The van der Waals surface area contributed by atoms with Crippen LogP contribution in [0.15, 0.2) is 0 Å². The van der Waals surface area contributed by atoms with Crippen molar-refractivity contribution in [2.24, 2.45) is 13.0 Å². The highest BCUT2D eigenvalue weighted by atomic mass is 15.3. The van der Waals surface area contributed by atoms with Gasteiger partial charge in [0.15, 0.2) is 0 Å². The van der Waals surface area contributed by atoms with Gasteiger partial charge >= 0.3 is 0 Å². The van der Waals surface area contributed by atoms with E-state index in [4.69, 9.17) is 0 Å². The SMILES string of the molecule is CC(C)C[C@@H]1CCCCCN1Cc1nnc(C2CCC2)n1C. The Labute approximate surface area is 135 Å². The van der Waals surface area contributed by atoms with Crippen LogP contribution in [0.2, 0.25) is 0 Å². The van der Waals surface area contributed by atoms with E-state index in [0.717, 1.165) is 24.3 Å². The quantitative estimate of drug-likeness (QED) is 0.828. The fraction of sp³-hybridized carbons (Fsp3) is 0.889. The van der Waals surface area contributed by atoms with Crippen molar-refractivity contribution in [3.05, 3.63) is 11.6 Å². The molecule has 22 heavy (non-hydrogen) atoms. The lowest BCUT2D eigenvalue weighted by atomic mass is 9.85. The molecule has 1 aromatic rings. The second kappa shape index (κ2) is 7.12. The lowest BCUT2D eigenvalue weighted by Crippen LogP contribution is -2.36. The summed E-state index contributed by atoms with van der Waals surface area (Å²) in [5.74, 6) is 3.83. The maximum atomic E-state index is 4.53. The van der Waals surface area contributed by atoms with Crippen LogP contribution < -0.4 is 0 Å². The molecule has 0 N–H and O–H groups in total. The maximum absolute atomic E-state index is 4.53. The summed E-state index contributed by atoms with van der Waals surface area (Å²) in [5, 5.41) is 9.03. The molecule has 124 valence electrons. The van der Waals surface area contributed by atoms with Crippen LogP contribution in [0.3, 0.4) is 0 Å². The molecule has 0 bridgehead atoms. The standard InChI is InChI=1S/C18H32N4/c1-14(2)12-16-10-5-4-6-11-22(16)13-17-19-20-18(21(17)3)15-8-7-9-15/h14-16H,4-13H2,1-3H3/t16-/m0/s1. The van der Waals surface area contributed by atoms with Gasteiger partial charge in [-0.15, -0.1) is 10.2 Å². The zero-order valence-corrected chi connectivity index (χ0v) is 14.6. The molecule has 1 aromatic heterocycles. The molecule has 1 saturated heterocycles. The summed E-state index contributed by atoms with van der Waals surface area (Å²) in [4.78, 5) is 2.68. The van der Waals surface area contributed by atoms with Gasteiger partial charge in [-0.2, -0.15) is 0 Å². The van der Waals surface area contributed by atoms with Crippen LogP contribution >= 0.6 is 0 Å². The lowest BCUT2D eigenvalue weighted by molar-refractivity contribution is 0.162. The van der Waals surface area contributed by atoms with E-state index < -0.39 is 0 Å². The molecule has 2 fully saturated rings. The molecule has 4 heteroatoms. The number of nitrogens with zero attached hydrogens (tertiary/aromatic N) is 4. The first-order valence-corrected chi connectivity index (χ1v) is 9.27. The second-order valence-corrected chi connectivity index (χ2v) is 7.76. The minimum Gasteiger partial charge on any atom is -0.317 e. The van der Waals surface area contributed by atoms with Crippen molar-refractivity contribution in [2.45, 2.75) is 83.7 Å². The Morgan fingerprint density at radius 3 is 2.55 bits per heavy atom. The number of hydrogen-bond acceptors (Lipinski definition) is 3. The van der Waals surface area contributed by atoms with Crippen LogP contribution in [0.5, 0.6) is 0 Å². The van der Waals surface area contributed by atoms with Crippen molar-refractivity contribution in [1.82, 2.24) is 19.7 Å². The van der Waals surface area contributed by atoms with E-state index in [1.165, 1.54) is 63.7 Å². The molecule has 0 spiro atoms. The normalized spacial score (nSPS) is 24.5. The van der Waals surface area contributed by atoms with Crippen molar-refractivity contribution in [3.8, 4) is 0 Å². The Hall–Kier alpha value is -0.900. The number of aromatic nitrogens is 3. The summed E-state index contributed by atoms with van der Waals surface area (Å²) in [7, 11) is 2.16. The summed E-state index contributed by atoms with van der Waals surface area (Å²) >= 11 is 0. The molecule has 1 atom stereocenters. The minimum absolute atomic E-state index is 0.668. The Balaban J connectivity index is 1.70. The highest BCUT2D eigenvalue weighted by Crippen LogP contribution is 2.35. The summed E-state index contributed by atoms with van der Waals surface area (Å²) in [5.41, 5.74) is 0. The van der Waals surface area contributed by atoms with Crippen molar-refractivity contribution in [1.29, 1.82) is 0 Å². The van der Waals surface area contributed by atoms with Crippen LogP contribution in [0, 0.1) is 5.92 Å². The van der Waals surface area contributed by atoms with Gasteiger partial charge in [-0.05, 0) is 44.6 Å². The third-order valence-electron chi connectivity index (χ3n) is 5.56. The minimum atomic E-state index is 0.668. The number of likely N-dealkylation sites (tertiary alicyclic amines) is 1. The molecular weight excluding hydrogens is 272 g/mol. The Morgan fingerprint density at radius 1 is 1.05 bits per heavy atom. The molecule has 3 rings (SSSR count). The van der Waals surface area contributed by atoms with Crippen LogP contribution in [-0.4, -0.2) is 32.3 Å². The average molecular weight is 304 g/mol. The number of hydrogen-bond donors (Lipinski definition) is 0. The van der Waals surface area contributed by atoms with E-state index in [1.807, 2.05) is 0 Å². The smallest absolute Gasteiger partial charge is 0.146 e. The maximum Gasteiger partial charge on any atom is 0.146 e. The van der Waals surface area contributed by atoms with E-state index in [0.29, 0.717) is 5.92 Å². The molecule has 0 aromatic carbocycles. The second-order valence-electron chi connectivity index (χ2n) is 7.76.